The molecule has 0 atom stereocenters. The lowest BCUT2D eigenvalue weighted by atomic mass is 10.1. The molecule has 2 amide bonds. The van der Waals surface area contributed by atoms with Gasteiger partial charge in [-0.15, -0.1) is 0 Å². The maximum absolute atomic E-state index is 12.7. The van der Waals surface area contributed by atoms with Gasteiger partial charge in [-0.05, 0) is 69.5 Å². The van der Waals surface area contributed by atoms with E-state index in [0.29, 0.717) is 33.1 Å². The molecule has 0 aromatic heterocycles. The first-order valence-electron chi connectivity index (χ1n) is 9.21. The minimum Gasteiger partial charge on any atom is -0.486 e. The Morgan fingerprint density at radius 2 is 1.71 bits per heavy atom. The summed E-state index contributed by atoms with van der Waals surface area (Å²) in [5, 5.41) is 1.59. The van der Waals surface area contributed by atoms with Crippen LogP contribution in [0.3, 0.4) is 0 Å². The number of anilines is 1. The van der Waals surface area contributed by atoms with Crippen LogP contribution in [-0.2, 0) is 16.2 Å². The van der Waals surface area contributed by atoms with Crippen molar-refractivity contribution in [3.63, 3.8) is 0 Å². The first kappa shape index (κ1) is 21.6. The summed E-state index contributed by atoms with van der Waals surface area (Å²) >= 11 is 13.3. The number of ether oxygens (including phenoxy) is 1. The van der Waals surface area contributed by atoms with Crippen molar-refractivity contribution in [1.82, 2.24) is 5.43 Å². The molecule has 3 aromatic rings. The van der Waals surface area contributed by atoms with Gasteiger partial charge in [0.05, 0.1) is 15.2 Å². The van der Waals surface area contributed by atoms with Crippen LogP contribution in [0, 0.1) is 0 Å². The second kappa shape index (κ2) is 9.26. The highest BCUT2D eigenvalue weighted by molar-refractivity contribution is 9.10. The molecule has 31 heavy (non-hydrogen) atoms. The van der Waals surface area contributed by atoms with Gasteiger partial charge in [-0.25, -0.2) is 5.01 Å². The highest BCUT2D eigenvalue weighted by Gasteiger charge is 2.34. The summed E-state index contributed by atoms with van der Waals surface area (Å²) in [5.41, 5.74) is 4.77. The molecule has 0 bridgehead atoms. The molecular formula is C23H15Br2ClN2O3. The molecule has 4 rings (SSSR count). The zero-order valence-corrected chi connectivity index (χ0v) is 19.9. The average molecular weight is 563 g/mol. The first-order chi connectivity index (χ1) is 14.9. The van der Waals surface area contributed by atoms with Crippen molar-refractivity contribution >= 4 is 67.0 Å². The zero-order chi connectivity index (χ0) is 22.0. The van der Waals surface area contributed by atoms with E-state index < -0.39 is 11.8 Å². The predicted molar refractivity (Wildman–Crippen MR) is 128 cm³/mol. The van der Waals surface area contributed by atoms with Crippen molar-refractivity contribution in [3.8, 4) is 5.75 Å². The molecule has 1 heterocycles. The summed E-state index contributed by atoms with van der Waals surface area (Å²) in [5.74, 6) is -0.421. The Balaban J connectivity index is 1.55. The summed E-state index contributed by atoms with van der Waals surface area (Å²) < 4.78 is 7.48. The Bertz CT molecular complexity index is 1160. The van der Waals surface area contributed by atoms with Gasteiger partial charge in [0.1, 0.15) is 12.2 Å². The van der Waals surface area contributed by atoms with Gasteiger partial charge in [0.25, 0.3) is 11.8 Å². The average Bonchev–Trinajstić information content (AvgIpc) is 3.03. The smallest absolute Gasteiger partial charge is 0.282 e. The largest absolute Gasteiger partial charge is 0.486 e. The van der Waals surface area contributed by atoms with Crippen LogP contribution in [-0.4, -0.2) is 11.8 Å². The molecule has 0 radical (unpaired) electrons. The minimum atomic E-state index is -0.475. The van der Waals surface area contributed by atoms with E-state index in [1.54, 1.807) is 36.4 Å². The molecule has 5 nitrogen and oxygen atoms in total. The van der Waals surface area contributed by atoms with Crippen LogP contribution in [0.2, 0.25) is 5.02 Å². The second-order valence-electron chi connectivity index (χ2n) is 6.70. The molecule has 0 saturated carbocycles. The molecule has 0 spiro atoms. The van der Waals surface area contributed by atoms with Gasteiger partial charge in [-0.1, -0.05) is 57.9 Å². The van der Waals surface area contributed by atoms with E-state index in [9.17, 15) is 9.59 Å². The highest BCUT2D eigenvalue weighted by Crippen LogP contribution is 2.36. The summed E-state index contributed by atoms with van der Waals surface area (Å²) in [6, 6.07) is 20.1. The molecule has 156 valence electrons. The van der Waals surface area contributed by atoms with E-state index in [1.165, 1.54) is 11.1 Å². The lowest BCUT2D eigenvalue weighted by Gasteiger charge is -2.14. The van der Waals surface area contributed by atoms with Gasteiger partial charge in [0.15, 0.2) is 5.75 Å². The van der Waals surface area contributed by atoms with Gasteiger partial charge < -0.3 is 4.74 Å². The van der Waals surface area contributed by atoms with Crippen LogP contribution in [0.25, 0.3) is 6.08 Å². The maximum Gasteiger partial charge on any atom is 0.282 e. The Hall–Kier alpha value is -2.61. The molecule has 0 unspecified atom stereocenters. The van der Waals surface area contributed by atoms with E-state index in [1.807, 2.05) is 30.3 Å². The number of halogens is 3. The number of amides is 2. The monoisotopic (exact) mass is 560 g/mol. The van der Waals surface area contributed by atoms with E-state index in [-0.39, 0.29) is 5.57 Å². The molecule has 8 heteroatoms. The van der Waals surface area contributed by atoms with Gasteiger partial charge in [0.2, 0.25) is 0 Å². The molecule has 1 aliphatic rings. The van der Waals surface area contributed by atoms with E-state index in [4.69, 9.17) is 16.3 Å². The van der Waals surface area contributed by atoms with Gasteiger partial charge in [-0.2, -0.15) is 0 Å². The van der Waals surface area contributed by atoms with Crippen molar-refractivity contribution in [2.75, 3.05) is 5.01 Å². The summed E-state index contributed by atoms with van der Waals surface area (Å²) in [6.07, 6.45) is 1.51. The van der Waals surface area contributed by atoms with Crippen LogP contribution >= 0.6 is 43.5 Å². The molecular weight excluding hydrogens is 548 g/mol. The van der Waals surface area contributed by atoms with Crippen LogP contribution in [0.15, 0.2) is 81.2 Å². The van der Waals surface area contributed by atoms with Crippen molar-refractivity contribution in [1.29, 1.82) is 0 Å². The SMILES string of the molecule is O=C1NN(c2ccccc2)C(=O)/C1=C\c1cc(Cl)c(OCc2ccc(Br)cc2)c(Br)c1. The summed E-state index contributed by atoms with van der Waals surface area (Å²) in [6.45, 7) is 0.346. The number of hydrogen-bond donors (Lipinski definition) is 1. The number of rotatable bonds is 5. The highest BCUT2D eigenvalue weighted by atomic mass is 79.9. The van der Waals surface area contributed by atoms with E-state index in [0.717, 1.165) is 10.0 Å². The third-order valence-electron chi connectivity index (χ3n) is 4.53. The summed E-state index contributed by atoms with van der Waals surface area (Å²) in [7, 11) is 0. The van der Waals surface area contributed by atoms with Crippen molar-refractivity contribution < 1.29 is 14.3 Å². The number of carbonyl (C=O) groups is 2. The minimum absolute atomic E-state index is 0.0235. The Morgan fingerprint density at radius 1 is 1.00 bits per heavy atom. The van der Waals surface area contributed by atoms with Crippen LogP contribution < -0.4 is 15.2 Å². The summed E-state index contributed by atoms with van der Waals surface area (Å²) in [4.78, 5) is 25.1. The fourth-order valence-electron chi connectivity index (χ4n) is 3.02. The zero-order valence-electron chi connectivity index (χ0n) is 15.9. The molecule has 3 aromatic carbocycles. The van der Waals surface area contributed by atoms with Crippen molar-refractivity contribution in [2.45, 2.75) is 6.61 Å². The lowest BCUT2D eigenvalue weighted by Crippen LogP contribution is -2.35. The van der Waals surface area contributed by atoms with Gasteiger partial charge >= 0.3 is 0 Å². The molecule has 1 N–H and O–H groups in total. The molecule has 1 saturated heterocycles. The molecule has 1 aliphatic heterocycles. The Morgan fingerprint density at radius 3 is 2.39 bits per heavy atom. The third kappa shape index (κ3) is 4.84. The normalized spacial score (nSPS) is 14.8. The molecule has 0 aliphatic carbocycles. The number of benzene rings is 3. The van der Waals surface area contributed by atoms with Crippen LogP contribution in [0.5, 0.6) is 5.75 Å². The van der Waals surface area contributed by atoms with E-state index >= 15 is 0 Å². The quantitative estimate of drug-likeness (QED) is 0.311. The Kier molecular flexibility index (Phi) is 6.46. The first-order valence-corrected chi connectivity index (χ1v) is 11.2. The molecule has 1 fully saturated rings. The number of para-hydroxylation sites is 1. The fraction of sp³-hybridized carbons (Fsp3) is 0.0435. The Labute approximate surface area is 200 Å². The standard InChI is InChI=1S/C23H15Br2ClN2O3/c24-16-8-6-14(7-9-16)13-31-21-19(25)11-15(12-20(21)26)10-18-22(29)27-28(23(18)30)17-4-2-1-3-5-17/h1-12H,13H2,(H,27,29)/b18-10-. The lowest BCUT2D eigenvalue weighted by molar-refractivity contribution is -0.117. The number of nitrogens with one attached hydrogen (secondary N) is 1. The number of carbonyl (C=O) groups excluding carboxylic acids is 2. The number of hydrogen-bond acceptors (Lipinski definition) is 3. The second-order valence-corrected chi connectivity index (χ2v) is 8.88. The van der Waals surface area contributed by atoms with Crippen molar-refractivity contribution in [2.24, 2.45) is 0 Å². The third-order valence-corrected chi connectivity index (χ3v) is 5.93. The van der Waals surface area contributed by atoms with Gasteiger partial charge in [-0.3, -0.25) is 15.0 Å². The fourth-order valence-corrected chi connectivity index (χ4v) is 4.27. The number of hydrazine groups is 1. The van der Waals surface area contributed by atoms with E-state index in [2.05, 4.69) is 37.3 Å². The number of nitrogens with zero attached hydrogens (tertiary/aromatic N) is 1. The van der Waals surface area contributed by atoms with Crippen LogP contribution in [0.1, 0.15) is 11.1 Å². The predicted octanol–water partition coefficient (Wildman–Crippen LogP) is 5.91. The van der Waals surface area contributed by atoms with Gasteiger partial charge in [0, 0.05) is 4.47 Å². The topological polar surface area (TPSA) is 58.6 Å². The maximum atomic E-state index is 12.7. The van der Waals surface area contributed by atoms with Crippen molar-refractivity contribution in [3.05, 3.63) is 97.4 Å². The van der Waals surface area contributed by atoms with Crippen LogP contribution in [0.4, 0.5) is 5.69 Å².